The van der Waals surface area contributed by atoms with Gasteiger partial charge in [0.25, 0.3) is 0 Å². The van der Waals surface area contributed by atoms with Crippen LogP contribution in [0.3, 0.4) is 0 Å². The molecule has 4 unspecified atom stereocenters. The lowest BCUT2D eigenvalue weighted by Crippen LogP contribution is -2.41. The lowest BCUT2D eigenvalue weighted by molar-refractivity contribution is 0.150. The molecule has 10 N–H and O–H groups in total. The van der Waals surface area contributed by atoms with E-state index in [9.17, 15) is 51.1 Å². The van der Waals surface area contributed by atoms with Gasteiger partial charge in [0.15, 0.2) is 0 Å². The zero-order valence-corrected chi connectivity index (χ0v) is 36.1. The van der Waals surface area contributed by atoms with Gasteiger partial charge >= 0.3 is 0 Å². The van der Waals surface area contributed by atoms with E-state index in [0.29, 0.717) is 44.9 Å². The molecule has 0 spiro atoms. The summed E-state index contributed by atoms with van der Waals surface area (Å²) in [6.45, 7) is 0. The van der Waals surface area contributed by atoms with Crippen molar-refractivity contribution in [2.45, 2.75) is 47.7 Å². The van der Waals surface area contributed by atoms with Crippen LogP contribution in [0, 0.1) is 23.7 Å². The monoisotopic (exact) mass is 910 g/mol. The Kier molecular flexibility index (Phi) is 9.24. The summed E-state index contributed by atoms with van der Waals surface area (Å²) in [7, 11) is 0. The molecule has 68 heavy (non-hydrogen) atoms. The lowest BCUT2D eigenvalue weighted by Gasteiger charge is -2.51. The molecule has 4 aliphatic carbocycles. The summed E-state index contributed by atoms with van der Waals surface area (Å²) in [5.74, 6) is -5.86. The van der Waals surface area contributed by atoms with E-state index in [1.165, 1.54) is 12.1 Å². The maximum atomic E-state index is 12.5. The molecule has 12 atom stereocenters. The molecule has 0 amide bonds. The Morgan fingerprint density at radius 2 is 0.706 bits per heavy atom. The van der Waals surface area contributed by atoms with E-state index in [1.54, 1.807) is 109 Å². The summed E-state index contributed by atoms with van der Waals surface area (Å²) < 4.78 is 13.6. The number of ether oxygens (including phenoxy) is 2. The number of aliphatic hydroxyl groups excluding tert-OH is 2. The van der Waals surface area contributed by atoms with Crippen molar-refractivity contribution in [2.75, 3.05) is 0 Å². The van der Waals surface area contributed by atoms with Crippen molar-refractivity contribution in [3.63, 3.8) is 0 Å². The molecule has 12 rings (SSSR count). The van der Waals surface area contributed by atoms with Gasteiger partial charge in [-0.3, -0.25) is 0 Å². The first-order valence-electron chi connectivity index (χ1n) is 22.7. The number of benzene rings is 6. The first kappa shape index (κ1) is 41.3. The van der Waals surface area contributed by atoms with Crippen LogP contribution in [-0.2, 0) is 9.47 Å². The maximum absolute atomic E-state index is 12.5. The standard InChI is InChI=1S/C56H46O12/c57-29-9-1-25(2-10-29)45(51-39-19-35(63)23-43-49(39)53(37-17-33(61)21-41(65)47(37)51)55(67-43)27-5-13-31(59)14-6-27)46(26-3-11-30(58)12-4-26)52-40-20-36(64)24-44-50(40)54(38-18-34(62)22-42(66)48(38)52)56(68-44)28-7-15-32(60)16-8-28/h1-24,39-40,45-46,49-66H/t39?,40?,45-,46-,49?,50?,51-,52-,53-,54+,55-,56+/m0/s1. The van der Waals surface area contributed by atoms with Crippen LogP contribution in [0.25, 0.3) is 0 Å². The Morgan fingerprint density at radius 1 is 0.368 bits per heavy atom. The molecule has 2 aliphatic heterocycles. The largest absolute Gasteiger partial charge is 0.508 e. The summed E-state index contributed by atoms with van der Waals surface area (Å²) in [4.78, 5) is 0. The Balaban J connectivity index is 1.15. The second-order valence-corrected chi connectivity index (χ2v) is 19.0. The first-order chi connectivity index (χ1) is 32.8. The van der Waals surface area contributed by atoms with Gasteiger partial charge < -0.3 is 60.5 Å². The van der Waals surface area contributed by atoms with Crippen LogP contribution in [0.4, 0.5) is 0 Å². The van der Waals surface area contributed by atoms with E-state index in [-0.39, 0.29) is 57.5 Å². The minimum Gasteiger partial charge on any atom is -0.508 e. The van der Waals surface area contributed by atoms with Gasteiger partial charge in [0.2, 0.25) is 0 Å². The number of aromatic hydroxyl groups is 8. The van der Waals surface area contributed by atoms with Crippen molar-refractivity contribution in [1.82, 2.24) is 0 Å². The normalized spacial score (nSPS) is 27.9. The van der Waals surface area contributed by atoms with Crippen molar-refractivity contribution in [3.05, 3.63) is 213 Å². The Labute approximate surface area is 389 Å². The third-order valence-corrected chi connectivity index (χ3v) is 15.5. The molecule has 6 aliphatic rings. The van der Waals surface area contributed by atoms with E-state index in [2.05, 4.69) is 0 Å². The number of hydrogen-bond acceptors (Lipinski definition) is 12. The van der Waals surface area contributed by atoms with Crippen LogP contribution in [0.5, 0.6) is 46.0 Å². The number of phenolic OH excluding ortho intramolecular Hbond substituents is 8. The average Bonchev–Trinajstić information content (AvgIpc) is 3.88. The average molecular weight is 911 g/mol. The van der Waals surface area contributed by atoms with Crippen LogP contribution < -0.4 is 0 Å². The number of aliphatic hydroxyl groups is 2. The van der Waals surface area contributed by atoms with Gasteiger partial charge in [-0.25, -0.2) is 0 Å². The van der Waals surface area contributed by atoms with E-state index < -0.39 is 71.4 Å². The summed E-state index contributed by atoms with van der Waals surface area (Å²) in [6, 6.07) is 32.8. The lowest BCUT2D eigenvalue weighted by atomic mass is 9.50. The maximum Gasteiger partial charge on any atom is 0.131 e. The molecular formula is C56H46O12. The summed E-state index contributed by atoms with van der Waals surface area (Å²) in [6.07, 6.45) is 5.44. The molecule has 2 saturated heterocycles. The number of fused-ring (bicyclic) bond motifs is 4. The zero-order valence-electron chi connectivity index (χ0n) is 36.1. The number of allylic oxidation sites excluding steroid dienone is 6. The van der Waals surface area contributed by atoms with Crippen LogP contribution in [-0.4, -0.2) is 51.1 Å². The van der Waals surface area contributed by atoms with Gasteiger partial charge in [-0.15, -0.1) is 0 Å². The number of phenols is 8. The van der Waals surface area contributed by atoms with Gasteiger partial charge in [0.05, 0.1) is 0 Å². The van der Waals surface area contributed by atoms with Crippen LogP contribution in [0.15, 0.2) is 169 Å². The fourth-order valence-corrected chi connectivity index (χ4v) is 13.1. The number of hydrogen-bond donors (Lipinski definition) is 10. The molecule has 12 nitrogen and oxygen atoms in total. The van der Waals surface area contributed by atoms with E-state index in [1.807, 2.05) is 24.3 Å². The van der Waals surface area contributed by atoms with Crippen LogP contribution in [0.2, 0.25) is 0 Å². The second-order valence-electron chi connectivity index (χ2n) is 19.0. The molecule has 6 aromatic carbocycles. The quantitative estimate of drug-likeness (QED) is 0.0723. The second kappa shape index (κ2) is 15.2. The van der Waals surface area contributed by atoms with Gasteiger partial charge in [-0.2, -0.15) is 0 Å². The van der Waals surface area contributed by atoms with Crippen molar-refractivity contribution in [2.24, 2.45) is 23.7 Å². The van der Waals surface area contributed by atoms with Gasteiger partial charge in [-0.05, 0) is 130 Å². The Hall–Kier alpha value is -8.12. The first-order valence-corrected chi connectivity index (χ1v) is 22.7. The SMILES string of the molecule is OC1=CC2C3C(=C1)O[C@H](c1ccc(O)cc1)[C@@H]3c1cc(O)cc(O)c1[C@@H]2[C@@H](c1ccc(O)cc1)[C@H](c1ccc(O)cc1)[C@H]1c2c(O)cc(O)cc2[C@H]2C3C(=CC(O)=CC31)O[C@H]2c1ccc(O)cc1. The topological polar surface area (TPSA) is 221 Å². The molecule has 6 aromatic rings. The third-order valence-electron chi connectivity index (χ3n) is 15.5. The predicted octanol–water partition coefficient (Wildman–Crippen LogP) is 10.6. The molecule has 12 heteroatoms. The van der Waals surface area contributed by atoms with Gasteiger partial charge in [0, 0.05) is 70.9 Å². The van der Waals surface area contributed by atoms with Crippen molar-refractivity contribution in [3.8, 4) is 46.0 Å². The molecule has 0 aromatic heterocycles. The molecule has 2 fully saturated rings. The van der Waals surface area contributed by atoms with E-state index in [0.717, 1.165) is 11.1 Å². The Morgan fingerprint density at radius 3 is 1.06 bits per heavy atom. The highest BCUT2D eigenvalue weighted by Gasteiger charge is 2.61. The number of rotatable bonds is 7. The predicted molar refractivity (Wildman–Crippen MR) is 248 cm³/mol. The zero-order chi connectivity index (χ0) is 46.9. The minimum absolute atomic E-state index is 0.00388. The highest BCUT2D eigenvalue weighted by Crippen LogP contribution is 2.71. The molecular weight excluding hydrogens is 865 g/mol. The van der Waals surface area contributed by atoms with E-state index >= 15 is 0 Å². The highest BCUT2D eigenvalue weighted by atomic mass is 16.5. The molecule has 0 saturated carbocycles. The van der Waals surface area contributed by atoms with Gasteiger partial charge in [0.1, 0.15) is 81.2 Å². The summed E-state index contributed by atoms with van der Waals surface area (Å²) in [5, 5.41) is 113. The molecule has 342 valence electrons. The Bertz CT molecular complexity index is 2920. The minimum atomic E-state index is -0.760. The van der Waals surface area contributed by atoms with E-state index in [4.69, 9.17) is 9.47 Å². The summed E-state index contributed by atoms with van der Waals surface area (Å²) in [5.41, 5.74) is 5.05. The third kappa shape index (κ3) is 6.34. The summed E-state index contributed by atoms with van der Waals surface area (Å²) >= 11 is 0. The van der Waals surface area contributed by atoms with Crippen LogP contribution in [0.1, 0.15) is 92.2 Å². The molecule has 0 bridgehead atoms. The fraction of sp³-hybridized carbons (Fsp3) is 0.214. The van der Waals surface area contributed by atoms with Gasteiger partial charge in [-0.1, -0.05) is 48.5 Å². The smallest absolute Gasteiger partial charge is 0.131 e. The highest BCUT2D eigenvalue weighted by molar-refractivity contribution is 5.61. The van der Waals surface area contributed by atoms with Crippen molar-refractivity contribution in [1.29, 1.82) is 0 Å². The van der Waals surface area contributed by atoms with Crippen LogP contribution >= 0.6 is 0 Å². The fourth-order valence-electron chi connectivity index (χ4n) is 13.1. The molecule has 2 heterocycles. The molecule has 0 radical (unpaired) electrons. The van der Waals surface area contributed by atoms with Crippen molar-refractivity contribution >= 4 is 0 Å². The van der Waals surface area contributed by atoms with Crippen molar-refractivity contribution < 1.29 is 60.5 Å².